The quantitative estimate of drug-likeness (QED) is 0.658. The highest BCUT2D eigenvalue weighted by Crippen LogP contribution is 2.23. The zero-order valence-corrected chi connectivity index (χ0v) is 7.45. The molecule has 0 aromatic carbocycles. The van der Waals surface area contributed by atoms with Crippen LogP contribution in [0, 0.1) is 5.92 Å². The van der Waals surface area contributed by atoms with Crippen LogP contribution in [0.4, 0.5) is 0 Å². The van der Waals surface area contributed by atoms with Crippen LogP contribution in [0.25, 0.3) is 0 Å². The van der Waals surface area contributed by atoms with Crippen molar-refractivity contribution in [3.05, 3.63) is 17.5 Å². The van der Waals surface area contributed by atoms with E-state index in [-0.39, 0.29) is 0 Å². The molecule has 0 saturated carbocycles. The molecule has 3 nitrogen and oxygen atoms in total. The molecule has 66 valence electrons. The van der Waals surface area contributed by atoms with E-state index in [0.29, 0.717) is 5.92 Å². The van der Waals surface area contributed by atoms with Crippen molar-refractivity contribution in [2.24, 2.45) is 18.7 Å². The summed E-state index contributed by atoms with van der Waals surface area (Å²) in [4.78, 5) is 0. The van der Waals surface area contributed by atoms with Gasteiger partial charge < -0.3 is 5.73 Å². The lowest BCUT2D eigenvalue weighted by Gasteiger charge is -2.18. The Hall–Kier alpha value is -0.830. The van der Waals surface area contributed by atoms with E-state index in [9.17, 15) is 0 Å². The summed E-state index contributed by atoms with van der Waals surface area (Å²) in [6, 6.07) is 0. The number of nitrogens with two attached hydrogens (primary N) is 1. The van der Waals surface area contributed by atoms with E-state index in [1.165, 1.54) is 17.7 Å². The van der Waals surface area contributed by atoms with Crippen molar-refractivity contribution in [2.45, 2.75) is 19.3 Å². The van der Waals surface area contributed by atoms with Crippen molar-refractivity contribution in [3.63, 3.8) is 0 Å². The lowest BCUT2D eigenvalue weighted by atomic mass is 9.88. The Balaban J connectivity index is 2.22. The van der Waals surface area contributed by atoms with Crippen molar-refractivity contribution in [1.82, 2.24) is 9.78 Å². The molecule has 1 unspecified atom stereocenters. The predicted molar refractivity (Wildman–Crippen MR) is 47.8 cm³/mol. The van der Waals surface area contributed by atoms with Crippen LogP contribution in [0.1, 0.15) is 17.7 Å². The Morgan fingerprint density at radius 3 is 3.33 bits per heavy atom. The number of aromatic nitrogens is 2. The van der Waals surface area contributed by atoms with E-state index < -0.39 is 0 Å². The molecule has 0 amide bonds. The summed E-state index contributed by atoms with van der Waals surface area (Å²) in [7, 11) is 1.98. The SMILES string of the molecule is Cn1cc2c(n1)CCC(CN)C2. The van der Waals surface area contributed by atoms with E-state index in [0.717, 1.165) is 19.4 Å². The highest BCUT2D eigenvalue weighted by Gasteiger charge is 2.19. The van der Waals surface area contributed by atoms with Gasteiger partial charge in [0, 0.05) is 13.2 Å². The van der Waals surface area contributed by atoms with Crippen LogP contribution in [0.3, 0.4) is 0 Å². The highest BCUT2D eigenvalue weighted by molar-refractivity contribution is 5.20. The van der Waals surface area contributed by atoms with Gasteiger partial charge in [0.15, 0.2) is 0 Å². The number of aryl methyl sites for hydroxylation is 2. The zero-order chi connectivity index (χ0) is 8.55. The molecule has 2 rings (SSSR count). The van der Waals surface area contributed by atoms with Crippen molar-refractivity contribution in [3.8, 4) is 0 Å². The molecule has 0 aliphatic heterocycles. The molecule has 1 aliphatic rings. The monoisotopic (exact) mass is 165 g/mol. The van der Waals surface area contributed by atoms with Gasteiger partial charge in [-0.15, -0.1) is 0 Å². The number of nitrogens with zero attached hydrogens (tertiary/aromatic N) is 2. The third kappa shape index (κ3) is 1.25. The molecule has 1 atom stereocenters. The minimum absolute atomic E-state index is 0.682. The van der Waals surface area contributed by atoms with Gasteiger partial charge in [0.1, 0.15) is 0 Å². The van der Waals surface area contributed by atoms with E-state index in [4.69, 9.17) is 5.73 Å². The molecule has 0 saturated heterocycles. The smallest absolute Gasteiger partial charge is 0.0656 e. The standard InChI is InChI=1S/C9H15N3/c1-12-6-8-4-7(5-10)2-3-9(8)11-12/h6-7H,2-5,10H2,1H3. The summed E-state index contributed by atoms with van der Waals surface area (Å²) in [5, 5.41) is 4.40. The lowest BCUT2D eigenvalue weighted by molar-refractivity contribution is 0.466. The summed E-state index contributed by atoms with van der Waals surface area (Å²) in [5.41, 5.74) is 8.32. The Morgan fingerprint density at radius 1 is 1.75 bits per heavy atom. The van der Waals surface area contributed by atoms with E-state index in [1.807, 2.05) is 11.7 Å². The Kier molecular flexibility index (Phi) is 1.89. The summed E-state index contributed by atoms with van der Waals surface area (Å²) >= 11 is 0. The van der Waals surface area contributed by atoms with Gasteiger partial charge in [-0.2, -0.15) is 5.10 Å². The van der Waals surface area contributed by atoms with Crippen molar-refractivity contribution >= 4 is 0 Å². The second-order valence-electron chi connectivity index (χ2n) is 3.62. The molecule has 1 aliphatic carbocycles. The second kappa shape index (κ2) is 2.90. The molecule has 2 N–H and O–H groups in total. The first-order valence-electron chi connectivity index (χ1n) is 4.51. The maximum absolute atomic E-state index is 5.64. The third-order valence-electron chi connectivity index (χ3n) is 2.62. The van der Waals surface area contributed by atoms with Crippen LogP contribution >= 0.6 is 0 Å². The van der Waals surface area contributed by atoms with Crippen LogP contribution < -0.4 is 5.73 Å². The van der Waals surface area contributed by atoms with E-state index in [1.54, 1.807) is 0 Å². The Morgan fingerprint density at radius 2 is 2.58 bits per heavy atom. The van der Waals surface area contributed by atoms with Crippen LogP contribution in [0.2, 0.25) is 0 Å². The largest absolute Gasteiger partial charge is 0.330 e. The first-order valence-corrected chi connectivity index (χ1v) is 4.51. The summed E-state index contributed by atoms with van der Waals surface area (Å²) in [6.07, 6.45) is 5.56. The molecule has 0 radical (unpaired) electrons. The second-order valence-corrected chi connectivity index (χ2v) is 3.62. The van der Waals surface area contributed by atoms with Crippen LogP contribution in [-0.2, 0) is 19.9 Å². The van der Waals surface area contributed by atoms with Crippen molar-refractivity contribution in [1.29, 1.82) is 0 Å². The summed E-state index contributed by atoms with van der Waals surface area (Å²) < 4.78 is 1.91. The minimum Gasteiger partial charge on any atom is -0.330 e. The number of hydrogen-bond acceptors (Lipinski definition) is 2. The van der Waals surface area contributed by atoms with Gasteiger partial charge in [0.25, 0.3) is 0 Å². The van der Waals surface area contributed by atoms with Crippen LogP contribution in [-0.4, -0.2) is 16.3 Å². The average Bonchev–Trinajstić information content (AvgIpc) is 2.43. The minimum atomic E-state index is 0.682. The molecule has 0 bridgehead atoms. The number of rotatable bonds is 1. The first-order chi connectivity index (χ1) is 5.79. The highest BCUT2D eigenvalue weighted by atomic mass is 15.2. The zero-order valence-electron chi connectivity index (χ0n) is 7.45. The maximum atomic E-state index is 5.64. The molecule has 0 fully saturated rings. The Labute approximate surface area is 72.6 Å². The molecular formula is C9H15N3. The van der Waals surface area contributed by atoms with Crippen LogP contribution in [0.15, 0.2) is 6.20 Å². The number of fused-ring (bicyclic) bond motifs is 1. The molecule has 12 heavy (non-hydrogen) atoms. The first kappa shape index (κ1) is 7.80. The van der Waals surface area contributed by atoms with Crippen molar-refractivity contribution < 1.29 is 0 Å². The fraction of sp³-hybridized carbons (Fsp3) is 0.667. The molecule has 0 spiro atoms. The van der Waals surface area contributed by atoms with Crippen molar-refractivity contribution in [2.75, 3.05) is 6.54 Å². The van der Waals surface area contributed by atoms with Gasteiger partial charge in [-0.1, -0.05) is 0 Å². The average molecular weight is 165 g/mol. The summed E-state index contributed by atoms with van der Waals surface area (Å²) in [5.74, 6) is 0.682. The molecule has 3 heteroatoms. The Bertz CT molecular complexity index is 277. The molecule has 1 aromatic rings. The van der Waals surface area contributed by atoms with E-state index >= 15 is 0 Å². The third-order valence-corrected chi connectivity index (χ3v) is 2.62. The van der Waals surface area contributed by atoms with Crippen LogP contribution in [0.5, 0.6) is 0 Å². The topological polar surface area (TPSA) is 43.8 Å². The number of hydrogen-bond donors (Lipinski definition) is 1. The van der Waals surface area contributed by atoms with E-state index in [2.05, 4.69) is 11.3 Å². The lowest BCUT2D eigenvalue weighted by Crippen LogP contribution is -2.21. The normalized spacial score (nSPS) is 22.3. The fourth-order valence-corrected chi connectivity index (χ4v) is 1.92. The van der Waals surface area contributed by atoms with Gasteiger partial charge >= 0.3 is 0 Å². The fourth-order valence-electron chi connectivity index (χ4n) is 1.92. The van der Waals surface area contributed by atoms with Gasteiger partial charge in [0.2, 0.25) is 0 Å². The van der Waals surface area contributed by atoms with Gasteiger partial charge in [-0.05, 0) is 37.3 Å². The maximum Gasteiger partial charge on any atom is 0.0656 e. The predicted octanol–water partition coefficient (Wildman–Crippen LogP) is 0.484. The molecule has 1 heterocycles. The molecular weight excluding hydrogens is 150 g/mol. The molecule has 1 aromatic heterocycles. The van der Waals surface area contributed by atoms with Gasteiger partial charge in [0.05, 0.1) is 5.69 Å². The summed E-state index contributed by atoms with van der Waals surface area (Å²) in [6.45, 7) is 0.814. The van der Waals surface area contributed by atoms with Gasteiger partial charge in [-0.25, -0.2) is 0 Å². The van der Waals surface area contributed by atoms with Gasteiger partial charge in [-0.3, -0.25) is 4.68 Å².